The molecule has 0 radical (unpaired) electrons. The molecule has 0 aliphatic rings. The zero-order chi connectivity index (χ0) is 12.4. The van der Waals surface area contributed by atoms with E-state index in [1.54, 1.807) is 19.1 Å². The molecule has 0 bridgehead atoms. The minimum atomic E-state index is -1.06. The number of nitrogens with one attached hydrogen (secondary N) is 1. The first-order valence-electron chi connectivity index (χ1n) is 5.44. The summed E-state index contributed by atoms with van der Waals surface area (Å²) in [4.78, 5) is 0. The van der Waals surface area contributed by atoms with E-state index in [-0.39, 0.29) is 11.4 Å². The monoisotopic (exact) mass is 225 g/mol. The Morgan fingerprint density at radius 2 is 1.88 bits per heavy atom. The average molecular weight is 225 g/mol. The number of rotatable bonds is 3. The summed E-state index contributed by atoms with van der Waals surface area (Å²) in [6.45, 7) is 8.14. The summed E-state index contributed by atoms with van der Waals surface area (Å²) in [5.41, 5.74) is -0.545. The van der Waals surface area contributed by atoms with E-state index in [1.165, 1.54) is 12.1 Å². The van der Waals surface area contributed by atoms with Crippen LogP contribution in [-0.4, -0.2) is 17.2 Å². The third-order valence-corrected chi connectivity index (χ3v) is 2.41. The SMILES string of the molecule is CC(C)(C)NCC(C)(O)c1cccc(F)c1. The fourth-order valence-electron chi connectivity index (χ4n) is 1.36. The lowest BCUT2D eigenvalue weighted by molar-refractivity contribution is 0.0499. The Labute approximate surface area is 96.5 Å². The van der Waals surface area contributed by atoms with Gasteiger partial charge in [-0.1, -0.05) is 12.1 Å². The maximum atomic E-state index is 13.0. The molecule has 0 fully saturated rings. The van der Waals surface area contributed by atoms with Crippen LogP contribution in [0.15, 0.2) is 24.3 Å². The maximum absolute atomic E-state index is 13.0. The molecular weight excluding hydrogens is 205 g/mol. The fraction of sp³-hybridized carbons (Fsp3) is 0.538. The van der Waals surface area contributed by atoms with Gasteiger partial charge in [0.1, 0.15) is 5.82 Å². The molecule has 2 N–H and O–H groups in total. The quantitative estimate of drug-likeness (QED) is 0.828. The van der Waals surface area contributed by atoms with Gasteiger partial charge in [-0.3, -0.25) is 0 Å². The second kappa shape index (κ2) is 4.52. The van der Waals surface area contributed by atoms with Gasteiger partial charge >= 0.3 is 0 Å². The van der Waals surface area contributed by atoms with E-state index in [0.717, 1.165) is 0 Å². The number of β-amino-alcohol motifs (C(OH)–C–C–N with tert-alkyl or cyclic N) is 1. The predicted molar refractivity (Wildman–Crippen MR) is 63.7 cm³/mol. The van der Waals surface area contributed by atoms with Crippen molar-refractivity contribution in [1.82, 2.24) is 5.32 Å². The fourth-order valence-corrected chi connectivity index (χ4v) is 1.36. The van der Waals surface area contributed by atoms with Gasteiger partial charge < -0.3 is 10.4 Å². The van der Waals surface area contributed by atoms with Crippen LogP contribution in [0.25, 0.3) is 0 Å². The molecule has 1 aromatic carbocycles. The summed E-state index contributed by atoms with van der Waals surface area (Å²) in [7, 11) is 0. The Morgan fingerprint density at radius 3 is 2.38 bits per heavy atom. The summed E-state index contributed by atoms with van der Waals surface area (Å²) in [6.07, 6.45) is 0. The first kappa shape index (κ1) is 13.1. The van der Waals surface area contributed by atoms with Crippen molar-refractivity contribution >= 4 is 0 Å². The first-order valence-corrected chi connectivity index (χ1v) is 5.44. The lowest BCUT2D eigenvalue weighted by atomic mass is 9.94. The number of hydrogen-bond acceptors (Lipinski definition) is 2. The molecule has 1 aromatic rings. The lowest BCUT2D eigenvalue weighted by Crippen LogP contribution is -2.44. The normalized spacial score (nSPS) is 15.9. The van der Waals surface area contributed by atoms with Crippen LogP contribution in [0.3, 0.4) is 0 Å². The van der Waals surface area contributed by atoms with Gasteiger partial charge in [-0.15, -0.1) is 0 Å². The second-order valence-electron chi connectivity index (χ2n) is 5.39. The Kier molecular flexibility index (Phi) is 3.71. The topological polar surface area (TPSA) is 32.3 Å². The minimum absolute atomic E-state index is 0.0721. The van der Waals surface area contributed by atoms with Crippen molar-refractivity contribution in [3.63, 3.8) is 0 Å². The van der Waals surface area contributed by atoms with E-state index in [0.29, 0.717) is 12.1 Å². The first-order chi connectivity index (χ1) is 7.21. The molecule has 16 heavy (non-hydrogen) atoms. The second-order valence-corrected chi connectivity index (χ2v) is 5.39. The summed E-state index contributed by atoms with van der Waals surface area (Å²) < 4.78 is 13.0. The van der Waals surface area contributed by atoms with E-state index in [2.05, 4.69) is 5.32 Å². The molecule has 1 unspecified atom stereocenters. The van der Waals surface area contributed by atoms with Crippen molar-refractivity contribution in [2.24, 2.45) is 0 Å². The van der Waals surface area contributed by atoms with Crippen LogP contribution in [-0.2, 0) is 5.60 Å². The standard InChI is InChI=1S/C13H20FNO/c1-12(2,3)15-9-13(4,16)10-6-5-7-11(14)8-10/h5-8,15-16H,9H2,1-4H3. The third kappa shape index (κ3) is 3.91. The molecule has 2 nitrogen and oxygen atoms in total. The van der Waals surface area contributed by atoms with Gasteiger partial charge in [-0.2, -0.15) is 0 Å². The van der Waals surface area contributed by atoms with Gasteiger partial charge in [-0.25, -0.2) is 4.39 Å². The molecule has 0 aromatic heterocycles. The highest BCUT2D eigenvalue weighted by atomic mass is 19.1. The maximum Gasteiger partial charge on any atom is 0.123 e. The molecule has 0 heterocycles. The van der Waals surface area contributed by atoms with E-state index >= 15 is 0 Å². The van der Waals surface area contributed by atoms with Crippen LogP contribution in [0.4, 0.5) is 4.39 Å². The van der Waals surface area contributed by atoms with E-state index in [9.17, 15) is 9.50 Å². The number of halogens is 1. The van der Waals surface area contributed by atoms with Crippen LogP contribution < -0.4 is 5.32 Å². The number of hydrogen-bond donors (Lipinski definition) is 2. The number of benzene rings is 1. The van der Waals surface area contributed by atoms with Gasteiger partial charge in [0.25, 0.3) is 0 Å². The van der Waals surface area contributed by atoms with Crippen LogP contribution in [0.5, 0.6) is 0 Å². The Hall–Kier alpha value is -0.930. The van der Waals surface area contributed by atoms with Crippen LogP contribution in [0, 0.1) is 5.82 Å². The molecule has 0 saturated carbocycles. The Balaban J connectivity index is 2.77. The van der Waals surface area contributed by atoms with Gasteiger partial charge in [0.05, 0.1) is 5.60 Å². The van der Waals surface area contributed by atoms with Crippen molar-refractivity contribution in [2.45, 2.75) is 38.8 Å². The largest absolute Gasteiger partial charge is 0.384 e. The summed E-state index contributed by atoms with van der Waals surface area (Å²) in [6, 6.07) is 6.07. The molecule has 0 aliphatic carbocycles. The Morgan fingerprint density at radius 1 is 1.25 bits per heavy atom. The smallest absolute Gasteiger partial charge is 0.123 e. The van der Waals surface area contributed by atoms with Crippen molar-refractivity contribution in [3.8, 4) is 0 Å². The van der Waals surface area contributed by atoms with E-state index in [1.807, 2.05) is 20.8 Å². The van der Waals surface area contributed by atoms with Crippen molar-refractivity contribution in [3.05, 3.63) is 35.6 Å². The molecule has 0 saturated heterocycles. The van der Waals surface area contributed by atoms with Gasteiger partial charge in [0.15, 0.2) is 0 Å². The summed E-state index contributed by atoms with van der Waals surface area (Å²) >= 11 is 0. The van der Waals surface area contributed by atoms with E-state index in [4.69, 9.17) is 0 Å². The molecule has 1 rings (SSSR count). The molecule has 3 heteroatoms. The number of aliphatic hydroxyl groups is 1. The summed E-state index contributed by atoms with van der Waals surface area (Å²) in [5, 5.41) is 13.5. The zero-order valence-corrected chi connectivity index (χ0v) is 10.3. The highest BCUT2D eigenvalue weighted by molar-refractivity contribution is 5.23. The van der Waals surface area contributed by atoms with Gasteiger partial charge in [0, 0.05) is 12.1 Å². The van der Waals surface area contributed by atoms with Crippen molar-refractivity contribution in [2.75, 3.05) is 6.54 Å². The molecular formula is C13H20FNO. The zero-order valence-electron chi connectivity index (χ0n) is 10.3. The third-order valence-electron chi connectivity index (χ3n) is 2.41. The van der Waals surface area contributed by atoms with Gasteiger partial charge in [0.2, 0.25) is 0 Å². The van der Waals surface area contributed by atoms with Crippen LogP contribution in [0.1, 0.15) is 33.3 Å². The average Bonchev–Trinajstić information content (AvgIpc) is 2.14. The highest BCUT2D eigenvalue weighted by Gasteiger charge is 2.25. The highest BCUT2D eigenvalue weighted by Crippen LogP contribution is 2.21. The molecule has 0 amide bonds. The van der Waals surface area contributed by atoms with Crippen LogP contribution in [0.2, 0.25) is 0 Å². The van der Waals surface area contributed by atoms with E-state index < -0.39 is 5.60 Å². The molecule has 0 aliphatic heterocycles. The molecule has 1 atom stereocenters. The van der Waals surface area contributed by atoms with Crippen molar-refractivity contribution in [1.29, 1.82) is 0 Å². The van der Waals surface area contributed by atoms with Crippen molar-refractivity contribution < 1.29 is 9.50 Å². The predicted octanol–water partition coefficient (Wildman–Crippen LogP) is 2.42. The lowest BCUT2D eigenvalue weighted by Gasteiger charge is -2.29. The Bertz CT molecular complexity index is 355. The minimum Gasteiger partial charge on any atom is -0.384 e. The van der Waals surface area contributed by atoms with Crippen LogP contribution >= 0.6 is 0 Å². The summed E-state index contributed by atoms with van der Waals surface area (Å²) in [5.74, 6) is -0.325. The molecule has 90 valence electrons. The van der Waals surface area contributed by atoms with Gasteiger partial charge in [-0.05, 0) is 45.4 Å². The molecule has 0 spiro atoms.